The van der Waals surface area contributed by atoms with Gasteiger partial charge >= 0.3 is 6.09 Å². The van der Waals surface area contributed by atoms with Crippen molar-refractivity contribution in [3.05, 3.63) is 30.2 Å². The molecule has 0 saturated carbocycles. The van der Waals surface area contributed by atoms with Crippen LogP contribution in [0.4, 0.5) is 16.3 Å². The van der Waals surface area contributed by atoms with Gasteiger partial charge in [0.25, 0.3) is 0 Å². The highest BCUT2D eigenvalue weighted by molar-refractivity contribution is 7.80. The quantitative estimate of drug-likeness (QED) is 0.631. The van der Waals surface area contributed by atoms with E-state index in [9.17, 15) is 4.79 Å². The van der Waals surface area contributed by atoms with E-state index >= 15 is 0 Å². The number of thiocarbonyl (C=S) groups is 1. The van der Waals surface area contributed by atoms with Crippen molar-refractivity contribution in [2.45, 2.75) is 26.8 Å². The molecule has 1 amide bonds. The van der Waals surface area contributed by atoms with Crippen LogP contribution in [0.1, 0.15) is 19.5 Å². The van der Waals surface area contributed by atoms with E-state index in [0.717, 1.165) is 5.69 Å². The smallest absolute Gasteiger partial charge is 0.415 e. The molecule has 0 aromatic carbocycles. The maximum absolute atomic E-state index is 12.2. The lowest BCUT2D eigenvalue weighted by Gasteiger charge is -2.34. The molecule has 2 heterocycles. The number of amides is 1. The fourth-order valence-corrected chi connectivity index (χ4v) is 2.02. The number of hydrogen-bond donors (Lipinski definition) is 1. The van der Waals surface area contributed by atoms with Crippen molar-refractivity contribution in [3.63, 3.8) is 0 Å². The van der Waals surface area contributed by atoms with E-state index in [0.29, 0.717) is 22.3 Å². The lowest BCUT2D eigenvalue weighted by molar-refractivity contribution is 0.183. The lowest BCUT2D eigenvalue weighted by atomic mass is 10.2. The monoisotopic (exact) mass is 277 g/mol. The molecule has 6 heteroatoms. The number of carbonyl (C=O) groups excluding carboxylic acids is 1. The normalized spacial score (nSPS) is 17.5. The van der Waals surface area contributed by atoms with Gasteiger partial charge in [-0.25, -0.2) is 14.7 Å². The third-order valence-electron chi connectivity index (χ3n) is 2.73. The van der Waals surface area contributed by atoms with Gasteiger partial charge in [-0.05, 0) is 32.9 Å². The highest BCUT2D eigenvalue weighted by atomic mass is 32.1. The SMILES string of the molecule is C=C(C)OC(=O)N1c2nc(C)ccc2NC(=S)C1C. The first kappa shape index (κ1) is 13.5. The molecule has 0 radical (unpaired) electrons. The largest absolute Gasteiger partial charge is 0.421 e. The van der Waals surface area contributed by atoms with Crippen LogP contribution in [0.25, 0.3) is 0 Å². The first-order valence-corrected chi connectivity index (χ1v) is 6.26. The van der Waals surface area contributed by atoms with E-state index in [1.165, 1.54) is 4.90 Å². The number of rotatable bonds is 1. The Balaban J connectivity index is 2.46. The fraction of sp³-hybridized carbons (Fsp3) is 0.308. The number of nitrogens with zero attached hydrogens (tertiary/aromatic N) is 2. The Kier molecular flexibility index (Phi) is 3.53. The summed E-state index contributed by atoms with van der Waals surface area (Å²) < 4.78 is 5.07. The van der Waals surface area contributed by atoms with Gasteiger partial charge in [-0.1, -0.05) is 18.8 Å². The summed E-state index contributed by atoms with van der Waals surface area (Å²) in [5.74, 6) is 0.850. The standard InChI is InChI=1S/C13H15N3O2S/c1-7(2)18-13(17)16-9(4)12(19)15-10-6-5-8(3)14-11(10)16/h5-6,9H,1H2,2-4H3,(H,15,19). The second-order valence-electron chi connectivity index (χ2n) is 4.43. The summed E-state index contributed by atoms with van der Waals surface area (Å²) in [6, 6.07) is 3.38. The molecular weight excluding hydrogens is 262 g/mol. The first-order chi connectivity index (χ1) is 8.90. The minimum absolute atomic E-state index is 0.316. The molecule has 1 atom stereocenters. The first-order valence-electron chi connectivity index (χ1n) is 5.85. The van der Waals surface area contributed by atoms with Crippen molar-refractivity contribution in [1.29, 1.82) is 0 Å². The highest BCUT2D eigenvalue weighted by Gasteiger charge is 2.34. The minimum Gasteiger partial charge on any atom is -0.415 e. The predicted molar refractivity (Wildman–Crippen MR) is 78.4 cm³/mol. The number of aryl methyl sites for hydroxylation is 1. The van der Waals surface area contributed by atoms with Gasteiger partial charge in [0.1, 0.15) is 4.99 Å². The Morgan fingerprint density at radius 3 is 2.89 bits per heavy atom. The summed E-state index contributed by atoms with van der Waals surface area (Å²) in [6.07, 6.45) is -0.525. The zero-order valence-corrected chi connectivity index (χ0v) is 11.9. The molecule has 1 aromatic heterocycles. The van der Waals surface area contributed by atoms with E-state index in [1.807, 2.05) is 26.0 Å². The summed E-state index contributed by atoms with van der Waals surface area (Å²) >= 11 is 5.24. The molecule has 100 valence electrons. The van der Waals surface area contributed by atoms with Crippen LogP contribution in [0.15, 0.2) is 24.5 Å². The summed E-state index contributed by atoms with van der Waals surface area (Å²) in [7, 11) is 0. The van der Waals surface area contributed by atoms with Crippen LogP contribution in [0.2, 0.25) is 0 Å². The Bertz CT molecular complexity index is 571. The molecule has 0 aliphatic carbocycles. The van der Waals surface area contributed by atoms with E-state index in [4.69, 9.17) is 17.0 Å². The highest BCUT2D eigenvalue weighted by Crippen LogP contribution is 2.31. The minimum atomic E-state index is -0.525. The van der Waals surface area contributed by atoms with Crippen LogP contribution in [-0.2, 0) is 4.74 Å². The van der Waals surface area contributed by atoms with Gasteiger partial charge in [0.05, 0.1) is 17.5 Å². The van der Waals surface area contributed by atoms with Gasteiger partial charge in [-0.15, -0.1) is 0 Å². The van der Waals surface area contributed by atoms with Crippen molar-refractivity contribution in [2.24, 2.45) is 0 Å². The third kappa shape index (κ3) is 2.58. The maximum atomic E-state index is 12.2. The molecule has 0 bridgehead atoms. The Hall–Kier alpha value is -1.95. The summed E-state index contributed by atoms with van der Waals surface area (Å²) in [5, 5.41) is 3.07. The second-order valence-corrected chi connectivity index (χ2v) is 4.87. The van der Waals surface area contributed by atoms with Crippen LogP contribution in [-0.4, -0.2) is 22.1 Å². The predicted octanol–water partition coefficient (Wildman–Crippen LogP) is 3.01. The van der Waals surface area contributed by atoms with Crippen LogP contribution in [0.5, 0.6) is 0 Å². The van der Waals surface area contributed by atoms with Gasteiger partial charge in [0.15, 0.2) is 5.82 Å². The van der Waals surface area contributed by atoms with E-state index in [2.05, 4.69) is 16.9 Å². The molecule has 0 saturated heterocycles. The van der Waals surface area contributed by atoms with Crippen molar-refractivity contribution in [2.75, 3.05) is 10.2 Å². The molecule has 1 unspecified atom stereocenters. The summed E-state index contributed by atoms with van der Waals surface area (Å²) in [4.78, 5) is 18.5. The van der Waals surface area contributed by atoms with E-state index in [-0.39, 0.29) is 6.04 Å². The molecule has 1 aliphatic rings. The number of hydrogen-bond acceptors (Lipinski definition) is 4. The Morgan fingerprint density at radius 1 is 1.58 bits per heavy atom. The Labute approximate surface area is 117 Å². The number of aromatic nitrogens is 1. The number of fused-ring (bicyclic) bond motifs is 1. The zero-order valence-electron chi connectivity index (χ0n) is 11.1. The van der Waals surface area contributed by atoms with Gasteiger partial charge in [-0.2, -0.15) is 0 Å². The molecule has 2 rings (SSSR count). The number of pyridine rings is 1. The van der Waals surface area contributed by atoms with Crippen molar-refractivity contribution in [1.82, 2.24) is 4.98 Å². The molecule has 1 aliphatic heterocycles. The van der Waals surface area contributed by atoms with Crippen LogP contribution in [0, 0.1) is 6.92 Å². The zero-order chi connectivity index (χ0) is 14.2. The average Bonchev–Trinajstić information content (AvgIpc) is 2.30. The van der Waals surface area contributed by atoms with Crippen molar-refractivity contribution >= 4 is 34.8 Å². The van der Waals surface area contributed by atoms with Crippen LogP contribution < -0.4 is 10.2 Å². The van der Waals surface area contributed by atoms with Gasteiger partial charge < -0.3 is 10.1 Å². The summed E-state index contributed by atoms with van der Waals surface area (Å²) in [5.41, 5.74) is 1.51. The molecule has 5 nitrogen and oxygen atoms in total. The van der Waals surface area contributed by atoms with Crippen LogP contribution >= 0.6 is 12.2 Å². The van der Waals surface area contributed by atoms with Gasteiger partial charge in [0.2, 0.25) is 0 Å². The van der Waals surface area contributed by atoms with Gasteiger partial charge in [0, 0.05) is 5.69 Å². The number of nitrogens with one attached hydrogen (secondary N) is 1. The topological polar surface area (TPSA) is 54.5 Å². The molecule has 1 N–H and O–H groups in total. The maximum Gasteiger partial charge on any atom is 0.421 e. The van der Waals surface area contributed by atoms with E-state index in [1.54, 1.807) is 6.92 Å². The van der Waals surface area contributed by atoms with Crippen molar-refractivity contribution in [3.8, 4) is 0 Å². The number of carbonyl (C=O) groups is 1. The average molecular weight is 277 g/mol. The molecular formula is C13H15N3O2S. The molecule has 19 heavy (non-hydrogen) atoms. The lowest BCUT2D eigenvalue weighted by Crippen LogP contribution is -2.49. The Morgan fingerprint density at radius 2 is 2.26 bits per heavy atom. The number of anilines is 2. The third-order valence-corrected chi connectivity index (χ3v) is 3.17. The van der Waals surface area contributed by atoms with Crippen molar-refractivity contribution < 1.29 is 9.53 Å². The summed E-state index contributed by atoms with van der Waals surface area (Å²) in [6.45, 7) is 8.87. The van der Waals surface area contributed by atoms with Crippen LogP contribution in [0.3, 0.4) is 0 Å². The van der Waals surface area contributed by atoms with E-state index < -0.39 is 6.09 Å². The second kappa shape index (κ2) is 4.97. The van der Waals surface area contributed by atoms with Gasteiger partial charge in [-0.3, -0.25) is 0 Å². The fourth-order valence-electron chi connectivity index (χ4n) is 1.80. The molecule has 0 spiro atoms. The molecule has 0 fully saturated rings. The number of ether oxygens (including phenoxy) is 1. The number of allylic oxidation sites excluding steroid dienone is 1. The molecule has 1 aromatic rings.